The van der Waals surface area contributed by atoms with Gasteiger partial charge in [0.15, 0.2) is 0 Å². The van der Waals surface area contributed by atoms with E-state index in [1.807, 2.05) is 36.4 Å². The molecule has 2 fully saturated rings. The molecule has 2 aromatic rings. The fraction of sp³-hybridized carbons (Fsp3) is 0.526. The van der Waals surface area contributed by atoms with Gasteiger partial charge >= 0.3 is 6.18 Å². The molecule has 1 aliphatic heterocycles. The molecule has 246 valence electrons. The number of halogens is 3. The summed E-state index contributed by atoms with van der Waals surface area (Å²) in [5, 5.41) is 5.65. The maximum absolute atomic E-state index is 13.8. The van der Waals surface area contributed by atoms with E-state index in [-0.39, 0.29) is 23.8 Å². The lowest BCUT2D eigenvalue weighted by Crippen LogP contribution is -2.48. The fourth-order valence-corrected chi connectivity index (χ4v) is 8.48. The molecule has 2 N–H and O–H groups in total. The van der Waals surface area contributed by atoms with Gasteiger partial charge in [0.05, 0.1) is 5.41 Å². The monoisotopic (exact) mass is 633 g/mol. The van der Waals surface area contributed by atoms with E-state index in [1.165, 1.54) is 12.0 Å². The minimum absolute atomic E-state index is 0.0332. The Morgan fingerprint density at radius 2 is 1.65 bits per heavy atom. The van der Waals surface area contributed by atoms with Gasteiger partial charge in [0.1, 0.15) is 6.54 Å². The Morgan fingerprint density at radius 1 is 0.913 bits per heavy atom. The van der Waals surface area contributed by atoms with Gasteiger partial charge in [0, 0.05) is 25.0 Å². The lowest BCUT2D eigenvalue weighted by Gasteiger charge is -2.36. The number of likely N-dealkylation sites (tertiary alicyclic amines) is 1. The standard InChI is InChI=1S/C38H46F3N3O2/c39-38(40,41)26-42-36(46)37(33-18-8-6-15-30(33)31-16-7-9-19-34(31)37)22-10-11-23-44-24-20-28(21-25-44)43-35(45)32-17-5-4-14-29(32)27-12-2-1-3-13-27/h1-3,6-8,12-13,15-16,18,28-29,32H,4-5,9-11,14,17,19-26H2,(H,42,46)(H,43,45)/t29-,32?,37?/m0/s1. The second-order valence-electron chi connectivity index (χ2n) is 13.6. The lowest BCUT2D eigenvalue weighted by molar-refractivity contribution is -0.141. The van der Waals surface area contributed by atoms with Crippen molar-refractivity contribution in [1.29, 1.82) is 0 Å². The van der Waals surface area contributed by atoms with Crippen molar-refractivity contribution in [3.8, 4) is 0 Å². The Labute approximate surface area is 270 Å². The van der Waals surface area contributed by atoms with Gasteiger partial charge in [0.25, 0.3) is 0 Å². The predicted octanol–water partition coefficient (Wildman–Crippen LogP) is 7.45. The van der Waals surface area contributed by atoms with Crippen LogP contribution in [0.4, 0.5) is 13.2 Å². The van der Waals surface area contributed by atoms with Crippen LogP contribution < -0.4 is 10.6 Å². The minimum Gasteiger partial charge on any atom is -0.353 e. The molecule has 5 nitrogen and oxygen atoms in total. The molecular weight excluding hydrogens is 587 g/mol. The van der Waals surface area contributed by atoms with Crippen LogP contribution in [0.2, 0.25) is 0 Å². The third-order valence-electron chi connectivity index (χ3n) is 10.7. The number of alkyl halides is 3. The maximum Gasteiger partial charge on any atom is 0.405 e. The molecule has 4 aliphatic rings. The summed E-state index contributed by atoms with van der Waals surface area (Å²) in [5.41, 5.74) is 3.94. The Morgan fingerprint density at radius 3 is 2.43 bits per heavy atom. The van der Waals surface area contributed by atoms with Crippen molar-refractivity contribution in [2.45, 2.75) is 94.2 Å². The van der Waals surface area contributed by atoms with Crippen LogP contribution in [0, 0.1) is 5.92 Å². The number of piperidine rings is 1. The van der Waals surface area contributed by atoms with Gasteiger partial charge < -0.3 is 15.5 Å². The molecule has 2 amide bonds. The second-order valence-corrected chi connectivity index (χ2v) is 13.6. The zero-order valence-corrected chi connectivity index (χ0v) is 26.6. The van der Waals surface area contributed by atoms with Crippen molar-refractivity contribution in [2.75, 3.05) is 26.2 Å². The van der Waals surface area contributed by atoms with E-state index in [1.54, 1.807) is 0 Å². The van der Waals surface area contributed by atoms with Gasteiger partial charge in [-0.2, -0.15) is 13.2 Å². The summed E-state index contributed by atoms with van der Waals surface area (Å²) in [6.07, 6.45) is 9.27. The van der Waals surface area contributed by atoms with E-state index in [9.17, 15) is 22.8 Å². The number of carbonyl (C=O) groups excluding carboxylic acids is 2. The molecule has 0 radical (unpaired) electrons. The van der Waals surface area contributed by atoms with E-state index < -0.39 is 24.0 Å². The zero-order valence-electron chi connectivity index (χ0n) is 26.6. The molecule has 1 saturated heterocycles. The number of fused-ring (bicyclic) bond motifs is 2. The summed E-state index contributed by atoms with van der Waals surface area (Å²) in [7, 11) is 0. The SMILES string of the molecule is O=C(NC1CCN(CCCCC2(C(=O)NCC(F)(F)F)C3=C(C=CCC3)c3ccccc32)CC1)C1CCCC[C@H]1c1ccccc1. The van der Waals surface area contributed by atoms with Crippen molar-refractivity contribution in [3.05, 3.63) is 89.0 Å². The van der Waals surface area contributed by atoms with Gasteiger partial charge in [-0.1, -0.05) is 86.0 Å². The molecule has 0 bridgehead atoms. The van der Waals surface area contributed by atoms with Gasteiger partial charge in [-0.15, -0.1) is 0 Å². The van der Waals surface area contributed by atoms with E-state index in [4.69, 9.17) is 0 Å². The number of carbonyl (C=O) groups is 2. The average Bonchev–Trinajstić information content (AvgIpc) is 3.37. The van der Waals surface area contributed by atoms with E-state index >= 15 is 0 Å². The summed E-state index contributed by atoms with van der Waals surface area (Å²) in [4.78, 5) is 29.6. The first-order valence-corrected chi connectivity index (χ1v) is 17.2. The van der Waals surface area contributed by atoms with Crippen LogP contribution in [0.3, 0.4) is 0 Å². The number of unbranched alkanes of at least 4 members (excludes halogenated alkanes) is 1. The van der Waals surface area contributed by atoms with E-state index in [0.717, 1.165) is 93.3 Å². The Bertz CT molecular complexity index is 1440. The van der Waals surface area contributed by atoms with Gasteiger partial charge in [-0.3, -0.25) is 9.59 Å². The Balaban J connectivity index is 1.03. The fourth-order valence-electron chi connectivity index (χ4n) is 8.48. The molecule has 8 heteroatoms. The van der Waals surface area contributed by atoms with Crippen LogP contribution in [0.5, 0.6) is 0 Å². The number of allylic oxidation sites excluding steroid dienone is 3. The first-order chi connectivity index (χ1) is 22.3. The zero-order chi connectivity index (χ0) is 32.1. The molecule has 1 heterocycles. The summed E-state index contributed by atoms with van der Waals surface area (Å²) in [6.45, 7) is 1.34. The van der Waals surface area contributed by atoms with E-state index in [0.29, 0.717) is 12.8 Å². The van der Waals surface area contributed by atoms with Crippen molar-refractivity contribution >= 4 is 17.4 Å². The third kappa shape index (κ3) is 6.97. The molecule has 2 unspecified atom stereocenters. The largest absolute Gasteiger partial charge is 0.405 e. The quantitative estimate of drug-likeness (QED) is 0.268. The average molecular weight is 634 g/mol. The Kier molecular flexibility index (Phi) is 10.0. The molecule has 2 aromatic carbocycles. The number of hydrogen-bond acceptors (Lipinski definition) is 3. The highest BCUT2D eigenvalue weighted by Gasteiger charge is 2.50. The summed E-state index contributed by atoms with van der Waals surface area (Å²) < 4.78 is 39.5. The van der Waals surface area contributed by atoms with Crippen LogP contribution in [0.1, 0.15) is 93.2 Å². The molecule has 3 aliphatic carbocycles. The number of benzene rings is 2. The van der Waals surface area contributed by atoms with Crippen molar-refractivity contribution in [3.63, 3.8) is 0 Å². The van der Waals surface area contributed by atoms with Gasteiger partial charge in [-0.25, -0.2) is 0 Å². The van der Waals surface area contributed by atoms with Crippen LogP contribution >= 0.6 is 0 Å². The van der Waals surface area contributed by atoms with Crippen LogP contribution in [0.25, 0.3) is 5.57 Å². The molecular formula is C38H46F3N3O2. The summed E-state index contributed by atoms with van der Waals surface area (Å²) >= 11 is 0. The molecule has 46 heavy (non-hydrogen) atoms. The van der Waals surface area contributed by atoms with Crippen molar-refractivity contribution < 1.29 is 22.8 Å². The highest BCUT2D eigenvalue weighted by molar-refractivity contribution is 6.02. The predicted molar refractivity (Wildman–Crippen MR) is 175 cm³/mol. The van der Waals surface area contributed by atoms with E-state index in [2.05, 4.69) is 45.9 Å². The normalized spacial score (nSPS) is 25.2. The smallest absolute Gasteiger partial charge is 0.353 e. The van der Waals surface area contributed by atoms with Crippen molar-refractivity contribution in [1.82, 2.24) is 15.5 Å². The molecule has 3 atom stereocenters. The molecule has 0 aromatic heterocycles. The third-order valence-corrected chi connectivity index (χ3v) is 10.7. The number of rotatable bonds is 10. The number of nitrogens with one attached hydrogen (secondary N) is 2. The van der Waals surface area contributed by atoms with Crippen LogP contribution in [-0.2, 0) is 15.0 Å². The summed E-state index contributed by atoms with van der Waals surface area (Å²) in [5.74, 6) is -0.0196. The Hall–Kier alpha value is -3.39. The van der Waals surface area contributed by atoms with Crippen LogP contribution in [-0.4, -0.2) is 55.1 Å². The topological polar surface area (TPSA) is 61.4 Å². The van der Waals surface area contributed by atoms with Crippen molar-refractivity contribution in [2.24, 2.45) is 5.92 Å². The first-order valence-electron chi connectivity index (χ1n) is 17.2. The maximum atomic E-state index is 13.8. The number of hydrogen-bond donors (Lipinski definition) is 2. The highest BCUT2D eigenvalue weighted by Crippen LogP contribution is 2.53. The van der Waals surface area contributed by atoms with Crippen LogP contribution in [0.15, 0.2) is 72.3 Å². The molecule has 0 spiro atoms. The summed E-state index contributed by atoms with van der Waals surface area (Å²) in [6, 6.07) is 18.3. The second kappa shape index (κ2) is 14.2. The minimum atomic E-state index is -4.47. The van der Waals surface area contributed by atoms with Gasteiger partial charge in [0.2, 0.25) is 11.8 Å². The molecule has 6 rings (SSSR count). The van der Waals surface area contributed by atoms with Gasteiger partial charge in [-0.05, 0) is 91.7 Å². The first kappa shape index (κ1) is 32.5. The number of amides is 2. The molecule has 1 saturated carbocycles. The lowest BCUT2D eigenvalue weighted by atomic mass is 9.70. The highest BCUT2D eigenvalue weighted by atomic mass is 19.4. The number of nitrogens with zero attached hydrogens (tertiary/aromatic N) is 1.